The number of hydrogen-bond acceptors (Lipinski definition) is 1. The van der Waals surface area contributed by atoms with Gasteiger partial charge in [0, 0.05) is 12.0 Å². The third-order valence-electron chi connectivity index (χ3n) is 3.26. The van der Waals surface area contributed by atoms with E-state index in [9.17, 15) is 4.79 Å². The van der Waals surface area contributed by atoms with Gasteiger partial charge in [-0.1, -0.05) is 39.5 Å². The minimum atomic E-state index is 0.179. The van der Waals surface area contributed by atoms with E-state index in [1.54, 1.807) is 0 Å². The summed E-state index contributed by atoms with van der Waals surface area (Å²) in [5, 5.41) is 3.17. The van der Waals surface area contributed by atoms with E-state index in [2.05, 4.69) is 12.2 Å². The highest BCUT2D eigenvalue weighted by atomic mass is 16.1. The van der Waals surface area contributed by atoms with Crippen molar-refractivity contribution in [3.8, 4) is 0 Å². The lowest BCUT2D eigenvalue weighted by molar-refractivity contribution is -0.125. The first-order valence-corrected chi connectivity index (χ1v) is 6.04. The van der Waals surface area contributed by atoms with Crippen molar-refractivity contribution in [3.63, 3.8) is 0 Å². The predicted molar refractivity (Wildman–Crippen MR) is 59.1 cm³/mol. The average Bonchev–Trinajstić information content (AvgIpc) is 2.45. The molecule has 0 radical (unpaired) electrons. The van der Waals surface area contributed by atoms with Crippen LogP contribution in [0.15, 0.2) is 0 Å². The summed E-state index contributed by atoms with van der Waals surface area (Å²) in [5.41, 5.74) is 0. The molecule has 1 atom stereocenters. The Bertz CT molecular complexity index is 171. The summed E-state index contributed by atoms with van der Waals surface area (Å²) in [4.78, 5) is 11.6. The van der Waals surface area contributed by atoms with Gasteiger partial charge in [0.25, 0.3) is 0 Å². The lowest BCUT2D eigenvalue weighted by Gasteiger charge is -2.18. The fraction of sp³-hybridized carbons (Fsp3) is 0.917. The maximum Gasteiger partial charge on any atom is 0.223 e. The zero-order valence-electron chi connectivity index (χ0n) is 9.51. The largest absolute Gasteiger partial charge is 0.353 e. The van der Waals surface area contributed by atoms with Crippen molar-refractivity contribution in [1.29, 1.82) is 0 Å². The molecule has 1 aliphatic rings. The van der Waals surface area contributed by atoms with Gasteiger partial charge >= 0.3 is 0 Å². The monoisotopic (exact) mass is 197 g/mol. The summed E-state index contributed by atoms with van der Waals surface area (Å²) in [6, 6.07) is 0.457. The van der Waals surface area contributed by atoms with Crippen LogP contribution in [0, 0.1) is 5.92 Å². The molecule has 0 aromatic heterocycles. The molecule has 1 amide bonds. The molecule has 0 aromatic carbocycles. The van der Waals surface area contributed by atoms with Crippen LogP contribution in [0.3, 0.4) is 0 Å². The molecular formula is C12H23NO. The third-order valence-corrected chi connectivity index (χ3v) is 3.26. The van der Waals surface area contributed by atoms with Crippen LogP contribution in [0.4, 0.5) is 0 Å². The highest BCUT2D eigenvalue weighted by Gasteiger charge is 2.17. The van der Waals surface area contributed by atoms with Crippen LogP contribution in [0.1, 0.15) is 58.8 Å². The quantitative estimate of drug-likeness (QED) is 0.692. The van der Waals surface area contributed by atoms with E-state index in [0.29, 0.717) is 6.04 Å². The van der Waals surface area contributed by atoms with Gasteiger partial charge in [0.1, 0.15) is 0 Å². The van der Waals surface area contributed by atoms with Gasteiger partial charge in [-0.15, -0.1) is 0 Å². The van der Waals surface area contributed by atoms with Gasteiger partial charge in [-0.25, -0.2) is 0 Å². The number of carbonyl (C=O) groups excluding carboxylic acids is 1. The Kier molecular flexibility index (Phi) is 4.99. The van der Waals surface area contributed by atoms with Crippen molar-refractivity contribution in [3.05, 3.63) is 0 Å². The highest BCUT2D eigenvalue weighted by Crippen LogP contribution is 2.17. The second-order valence-electron chi connectivity index (χ2n) is 4.51. The summed E-state index contributed by atoms with van der Waals surface area (Å²) >= 11 is 0. The lowest BCUT2D eigenvalue weighted by Crippen LogP contribution is -2.37. The standard InChI is InChI=1S/C12H23NO/c1-3-10(2)12(14)13-11-8-6-4-5-7-9-11/h10-11H,3-9H2,1-2H3,(H,13,14)/t10-/m0/s1. The molecule has 1 aliphatic carbocycles. The molecule has 0 saturated heterocycles. The zero-order valence-corrected chi connectivity index (χ0v) is 9.51. The van der Waals surface area contributed by atoms with Crippen molar-refractivity contribution in [1.82, 2.24) is 5.32 Å². The Morgan fingerprint density at radius 1 is 1.29 bits per heavy atom. The summed E-state index contributed by atoms with van der Waals surface area (Å²) in [5.74, 6) is 0.428. The number of amides is 1. The second kappa shape index (κ2) is 6.05. The van der Waals surface area contributed by atoms with Crippen molar-refractivity contribution in [2.75, 3.05) is 0 Å². The minimum absolute atomic E-state index is 0.179. The Hall–Kier alpha value is -0.530. The van der Waals surface area contributed by atoms with Crippen LogP contribution in [0.25, 0.3) is 0 Å². The number of hydrogen-bond donors (Lipinski definition) is 1. The molecule has 0 aliphatic heterocycles. The van der Waals surface area contributed by atoms with Crippen molar-refractivity contribution >= 4 is 5.91 Å². The van der Waals surface area contributed by atoms with Gasteiger partial charge in [-0.05, 0) is 19.3 Å². The van der Waals surface area contributed by atoms with Crippen LogP contribution in [-0.2, 0) is 4.79 Å². The molecule has 0 heterocycles. The van der Waals surface area contributed by atoms with Crippen molar-refractivity contribution in [2.24, 2.45) is 5.92 Å². The Balaban J connectivity index is 2.30. The second-order valence-corrected chi connectivity index (χ2v) is 4.51. The molecule has 0 bridgehead atoms. The van der Waals surface area contributed by atoms with Crippen LogP contribution >= 0.6 is 0 Å². The van der Waals surface area contributed by atoms with Gasteiger partial charge in [0.15, 0.2) is 0 Å². The molecule has 0 aromatic rings. The first-order valence-electron chi connectivity index (χ1n) is 6.04. The third kappa shape index (κ3) is 3.69. The highest BCUT2D eigenvalue weighted by molar-refractivity contribution is 5.78. The molecule has 0 unspecified atom stereocenters. The van der Waals surface area contributed by atoms with Crippen LogP contribution in [0.2, 0.25) is 0 Å². The summed E-state index contributed by atoms with van der Waals surface area (Å²) in [6.07, 6.45) is 8.56. The first-order chi connectivity index (χ1) is 6.74. The molecule has 2 nitrogen and oxygen atoms in total. The molecule has 1 rings (SSSR count). The molecule has 0 spiro atoms. The van der Waals surface area contributed by atoms with E-state index in [1.165, 1.54) is 38.5 Å². The van der Waals surface area contributed by atoms with Crippen molar-refractivity contribution in [2.45, 2.75) is 64.8 Å². The van der Waals surface area contributed by atoms with Gasteiger partial charge in [-0.2, -0.15) is 0 Å². The maximum atomic E-state index is 11.6. The number of rotatable bonds is 3. The normalized spacial score (nSPS) is 21.3. The number of carbonyl (C=O) groups is 1. The minimum Gasteiger partial charge on any atom is -0.353 e. The van der Waals surface area contributed by atoms with Crippen molar-refractivity contribution < 1.29 is 4.79 Å². The van der Waals surface area contributed by atoms with Gasteiger partial charge in [0.2, 0.25) is 5.91 Å². The molecule has 1 fully saturated rings. The predicted octanol–water partition coefficient (Wildman–Crippen LogP) is 2.87. The smallest absolute Gasteiger partial charge is 0.223 e. The number of nitrogens with one attached hydrogen (secondary N) is 1. The van der Waals surface area contributed by atoms with E-state index in [4.69, 9.17) is 0 Å². The van der Waals surface area contributed by atoms with E-state index < -0.39 is 0 Å². The van der Waals surface area contributed by atoms with E-state index in [1.807, 2.05) is 6.92 Å². The Morgan fingerprint density at radius 3 is 2.36 bits per heavy atom. The maximum absolute atomic E-state index is 11.6. The molecule has 14 heavy (non-hydrogen) atoms. The van der Waals surface area contributed by atoms with E-state index >= 15 is 0 Å². The van der Waals surface area contributed by atoms with Gasteiger partial charge < -0.3 is 5.32 Å². The fourth-order valence-corrected chi connectivity index (χ4v) is 1.95. The van der Waals surface area contributed by atoms with Gasteiger partial charge in [0.05, 0.1) is 0 Å². The van der Waals surface area contributed by atoms with E-state index in [-0.39, 0.29) is 11.8 Å². The summed E-state index contributed by atoms with van der Waals surface area (Å²) in [6.45, 7) is 4.07. The Morgan fingerprint density at radius 2 is 1.86 bits per heavy atom. The van der Waals surface area contributed by atoms with Crippen LogP contribution in [-0.4, -0.2) is 11.9 Å². The topological polar surface area (TPSA) is 29.1 Å². The Labute approximate surface area is 87.5 Å². The SMILES string of the molecule is CC[C@H](C)C(=O)NC1CCCCCC1. The molecular weight excluding hydrogens is 174 g/mol. The van der Waals surface area contributed by atoms with Gasteiger partial charge in [-0.3, -0.25) is 4.79 Å². The van der Waals surface area contributed by atoms with E-state index in [0.717, 1.165) is 6.42 Å². The summed E-state index contributed by atoms with van der Waals surface area (Å²) < 4.78 is 0. The average molecular weight is 197 g/mol. The molecule has 1 saturated carbocycles. The zero-order chi connectivity index (χ0) is 10.4. The summed E-state index contributed by atoms with van der Waals surface area (Å²) in [7, 11) is 0. The van der Waals surface area contributed by atoms with Crippen LogP contribution in [0.5, 0.6) is 0 Å². The lowest BCUT2D eigenvalue weighted by atomic mass is 10.1. The van der Waals surface area contributed by atoms with Crippen LogP contribution < -0.4 is 5.32 Å². The molecule has 82 valence electrons. The fourth-order valence-electron chi connectivity index (χ4n) is 1.95. The molecule has 2 heteroatoms. The first kappa shape index (κ1) is 11.5. The molecule has 1 N–H and O–H groups in total.